The van der Waals surface area contributed by atoms with E-state index in [1.54, 1.807) is 19.3 Å². The van der Waals surface area contributed by atoms with E-state index in [4.69, 9.17) is 0 Å². The van der Waals surface area contributed by atoms with Gasteiger partial charge >= 0.3 is 0 Å². The minimum atomic E-state index is -0.299. The topological polar surface area (TPSA) is 81.6 Å². The van der Waals surface area contributed by atoms with Gasteiger partial charge in [0.15, 0.2) is 17.6 Å². The molecule has 7 nitrogen and oxygen atoms in total. The van der Waals surface area contributed by atoms with E-state index in [1.807, 2.05) is 36.1 Å². The first-order valence-corrected chi connectivity index (χ1v) is 9.80. The van der Waals surface area contributed by atoms with Crippen molar-refractivity contribution < 1.29 is 9.18 Å². The Morgan fingerprint density at radius 3 is 2.76 bits per heavy atom. The van der Waals surface area contributed by atoms with Crippen LogP contribution in [-0.2, 0) is 6.54 Å². The molecule has 1 aromatic carbocycles. The first-order valence-electron chi connectivity index (χ1n) is 9.80. The van der Waals surface area contributed by atoms with Crippen LogP contribution >= 0.6 is 0 Å². The molecule has 0 saturated carbocycles. The number of hydrogen-bond acceptors (Lipinski definition) is 4. The van der Waals surface area contributed by atoms with Crippen LogP contribution in [0, 0.1) is 5.82 Å². The van der Waals surface area contributed by atoms with Crippen molar-refractivity contribution in [3.8, 4) is 0 Å². The molecule has 1 aliphatic rings. The highest BCUT2D eigenvalue weighted by Gasteiger charge is 2.25. The van der Waals surface area contributed by atoms with Gasteiger partial charge in [-0.05, 0) is 43.2 Å². The lowest BCUT2D eigenvalue weighted by atomic mass is 10.1. The third-order valence-electron chi connectivity index (χ3n) is 4.80. The second kappa shape index (κ2) is 9.86. The maximum Gasteiger partial charge on any atom is 0.251 e. The molecular weight excluding hydrogens is 371 g/mol. The number of nitrogens with zero attached hydrogens (tertiary/aromatic N) is 3. The highest BCUT2D eigenvalue weighted by molar-refractivity contribution is 5.94. The van der Waals surface area contributed by atoms with Crippen LogP contribution in [0.25, 0.3) is 0 Å². The van der Waals surface area contributed by atoms with Crippen molar-refractivity contribution >= 4 is 17.7 Å². The fraction of sp³-hybridized carbons (Fsp3) is 0.381. The van der Waals surface area contributed by atoms with Crippen molar-refractivity contribution in [1.29, 1.82) is 0 Å². The molecule has 154 valence electrons. The van der Waals surface area contributed by atoms with Gasteiger partial charge in [-0.15, -0.1) is 0 Å². The van der Waals surface area contributed by atoms with Crippen LogP contribution in [-0.4, -0.2) is 49.6 Å². The average molecular weight is 398 g/mol. The molecule has 2 heterocycles. The van der Waals surface area contributed by atoms with E-state index in [1.165, 1.54) is 6.07 Å². The molecule has 1 saturated heterocycles. The zero-order valence-electron chi connectivity index (χ0n) is 16.8. The number of benzene rings is 1. The van der Waals surface area contributed by atoms with E-state index in [0.717, 1.165) is 18.5 Å². The molecule has 1 aliphatic heterocycles. The highest BCUT2D eigenvalue weighted by atomic mass is 19.1. The fourth-order valence-electron chi connectivity index (χ4n) is 3.29. The van der Waals surface area contributed by atoms with E-state index >= 15 is 0 Å². The molecule has 2 aromatic rings. The molecule has 1 amide bonds. The van der Waals surface area contributed by atoms with Crippen LogP contribution in [0.4, 0.5) is 10.2 Å². The lowest BCUT2D eigenvalue weighted by Crippen LogP contribution is -2.44. The molecule has 8 heteroatoms. The summed E-state index contributed by atoms with van der Waals surface area (Å²) < 4.78 is 13.9. The van der Waals surface area contributed by atoms with Gasteiger partial charge in [-0.25, -0.2) is 9.37 Å². The first-order chi connectivity index (χ1) is 14.1. The molecule has 1 aromatic heterocycles. The molecule has 3 N–H and O–H groups in total. The van der Waals surface area contributed by atoms with Crippen molar-refractivity contribution in [3.05, 3.63) is 59.5 Å². The van der Waals surface area contributed by atoms with Crippen LogP contribution in [0.2, 0.25) is 0 Å². The van der Waals surface area contributed by atoms with Crippen molar-refractivity contribution in [2.24, 2.45) is 4.99 Å². The van der Waals surface area contributed by atoms with E-state index in [0.29, 0.717) is 37.0 Å². The van der Waals surface area contributed by atoms with Crippen LogP contribution in [0.5, 0.6) is 0 Å². The number of pyridine rings is 1. The van der Waals surface area contributed by atoms with Gasteiger partial charge in [-0.2, -0.15) is 0 Å². The highest BCUT2D eigenvalue weighted by Crippen LogP contribution is 2.20. The maximum absolute atomic E-state index is 13.9. The second-order valence-electron chi connectivity index (χ2n) is 6.87. The van der Waals surface area contributed by atoms with Crippen LogP contribution in [0.15, 0.2) is 47.6 Å². The molecule has 1 unspecified atom stereocenters. The molecule has 0 radical (unpaired) electrons. The maximum atomic E-state index is 13.9. The molecule has 0 aliphatic carbocycles. The van der Waals surface area contributed by atoms with Gasteiger partial charge in [0.1, 0.15) is 0 Å². The minimum Gasteiger partial charge on any atom is -0.352 e. The summed E-state index contributed by atoms with van der Waals surface area (Å²) in [5.41, 5.74) is 1.69. The summed E-state index contributed by atoms with van der Waals surface area (Å²) in [6, 6.07) is 10.7. The van der Waals surface area contributed by atoms with Gasteiger partial charge in [0.05, 0.1) is 0 Å². The molecule has 0 bridgehead atoms. The molecular formula is C21H27FN6O. The van der Waals surface area contributed by atoms with Gasteiger partial charge in [0.25, 0.3) is 5.91 Å². The van der Waals surface area contributed by atoms with Gasteiger partial charge in [-0.1, -0.05) is 12.1 Å². The van der Waals surface area contributed by atoms with Crippen molar-refractivity contribution in [3.63, 3.8) is 0 Å². The predicted molar refractivity (Wildman–Crippen MR) is 113 cm³/mol. The third kappa shape index (κ3) is 5.43. The number of halogens is 1. The zero-order valence-corrected chi connectivity index (χ0v) is 16.8. The van der Waals surface area contributed by atoms with Crippen molar-refractivity contribution in [1.82, 2.24) is 20.9 Å². The number of guanidine groups is 1. The van der Waals surface area contributed by atoms with Crippen LogP contribution in [0.1, 0.15) is 29.3 Å². The van der Waals surface area contributed by atoms with Gasteiger partial charge in [0.2, 0.25) is 0 Å². The summed E-state index contributed by atoms with van der Waals surface area (Å²) in [7, 11) is 1.72. The Labute approximate surface area is 170 Å². The van der Waals surface area contributed by atoms with Crippen molar-refractivity contribution in [2.75, 3.05) is 31.6 Å². The smallest absolute Gasteiger partial charge is 0.251 e. The summed E-state index contributed by atoms with van der Waals surface area (Å²) in [5, 5.41) is 9.45. The van der Waals surface area contributed by atoms with Gasteiger partial charge in [-0.3, -0.25) is 9.79 Å². The largest absolute Gasteiger partial charge is 0.352 e. The van der Waals surface area contributed by atoms with E-state index in [2.05, 4.69) is 25.9 Å². The number of rotatable bonds is 6. The average Bonchev–Trinajstić information content (AvgIpc) is 3.20. The Hall–Kier alpha value is -3.16. The monoisotopic (exact) mass is 398 g/mol. The molecule has 3 rings (SSSR count). The number of nitrogens with one attached hydrogen (secondary N) is 3. The molecule has 29 heavy (non-hydrogen) atoms. The Kier molecular flexibility index (Phi) is 6.99. The Balaban J connectivity index is 1.50. The van der Waals surface area contributed by atoms with E-state index in [9.17, 15) is 9.18 Å². The quantitative estimate of drug-likeness (QED) is 0.512. The number of carbonyl (C=O) groups is 1. The van der Waals surface area contributed by atoms with Crippen LogP contribution < -0.4 is 20.9 Å². The summed E-state index contributed by atoms with van der Waals surface area (Å²) in [4.78, 5) is 22.2. The Bertz CT molecular complexity index is 855. The fourth-order valence-corrected chi connectivity index (χ4v) is 3.29. The molecule has 1 atom stereocenters. The Morgan fingerprint density at radius 2 is 2.07 bits per heavy atom. The zero-order chi connectivity index (χ0) is 20.6. The number of aliphatic imine (C=N–C) groups is 1. The second-order valence-corrected chi connectivity index (χ2v) is 6.87. The number of anilines is 1. The Morgan fingerprint density at radius 1 is 1.28 bits per heavy atom. The third-order valence-corrected chi connectivity index (χ3v) is 4.80. The molecule has 0 spiro atoms. The lowest BCUT2D eigenvalue weighted by molar-refractivity contribution is 0.0956. The number of carbonyl (C=O) groups excluding carboxylic acids is 1. The summed E-state index contributed by atoms with van der Waals surface area (Å²) >= 11 is 0. The summed E-state index contributed by atoms with van der Waals surface area (Å²) in [5.74, 6) is 0.712. The standard InChI is InChI=1S/C21H27FN6O/c1-3-24-20(29)16-8-6-15(7-9-16)13-26-21(23-2)27-17-10-12-28(14-17)19-18(22)5-4-11-25-19/h4-9,11,17H,3,10,12-14H2,1-2H3,(H,24,29)(H2,23,26,27). The van der Waals surface area contributed by atoms with Gasteiger partial charge in [0, 0.05) is 51.0 Å². The number of hydrogen-bond donors (Lipinski definition) is 3. The number of aromatic nitrogens is 1. The molecule has 1 fully saturated rings. The van der Waals surface area contributed by atoms with Crippen molar-refractivity contribution in [2.45, 2.75) is 25.9 Å². The van der Waals surface area contributed by atoms with Crippen LogP contribution in [0.3, 0.4) is 0 Å². The first kappa shape index (κ1) is 20.6. The van der Waals surface area contributed by atoms with E-state index < -0.39 is 0 Å². The summed E-state index contributed by atoms with van der Waals surface area (Å²) in [6.07, 6.45) is 2.48. The SMILES string of the molecule is CCNC(=O)c1ccc(CNC(=NC)NC2CCN(c3ncccc3F)C2)cc1. The number of amides is 1. The normalized spacial score (nSPS) is 16.6. The minimum absolute atomic E-state index is 0.0698. The van der Waals surface area contributed by atoms with Gasteiger partial charge < -0.3 is 20.9 Å². The van der Waals surface area contributed by atoms with E-state index in [-0.39, 0.29) is 17.8 Å². The summed E-state index contributed by atoms with van der Waals surface area (Å²) in [6.45, 7) is 4.49. The predicted octanol–water partition coefficient (Wildman–Crippen LogP) is 1.91. The lowest BCUT2D eigenvalue weighted by Gasteiger charge is -2.20.